The number of hydrogen-bond donors (Lipinski definition) is 1. The third kappa shape index (κ3) is 2.12. The van der Waals surface area contributed by atoms with Crippen LogP contribution in [0, 0.1) is 5.82 Å². The number of carboxylic acids is 1. The van der Waals surface area contributed by atoms with Gasteiger partial charge in [-0.2, -0.15) is 0 Å². The molecular formula is C17H21FO3. The smallest absolute Gasteiger partial charge is 0.314 e. The van der Waals surface area contributed by atoms with Gasteiger partial charge in [0.2, 0.25) is 0 Å². The minimum atomic E-state index is -1.07. The average Bonchev–Trinajstić information content (AvgIpc) is 2.99. The van der Waals surface area contributed by atoms with Crippen LogP contribution in [0.15, 0.2) is 6.07 Å². The molecule has 0 unspecified atom stereocenters. The Hall–Kier alpha value is -1.58. The minimum Gasteiger partial charge on any atom is -0.496 e. The second-order valence-corrected chi connectivity index (χ2v) is 6.20. The van der Waals surface area contributed by atoms with Crippen LogP contribution in [0.25, 0.3) is 0 Å². The van der Waals surface area contributed by atoms with E-state index in [1.165, 1.54) is 0 Å². The van der Waals surface area contributed by atoms with Crippen LogP contribution in [0.1, 0.15) is 55.2 Å². The number of ether oxygens (including phenoxy) is 1. The Bertz CT molecular complexity index is 574. The van der Waals surface area contributed by atoms with E-state index in [4.69, 9.17) is 4.74 Å². The number of benzene rings is 1. The summed E-state index contributed by atoms with van der Waals surface area (Å²) in [5.74, 6) is -0.542. The van der Waals surface area contributed by atoms with Crippen LogP contribution in [-0.4, -0.2) is 18.2 Å². The summed E-state index contributed by atoms with van der Waals surface area (Å²) in [7, 11) is 1.58. The number of carbonyl (C=O) groups is 1. The molecule has 0 bridgehead atoms. The SMILES string of the molecule is COc1cc(C2(C(=O)O)CCCC2)c(F)c2c1CCCC2. The molecule has 2 aliphatic carbocycles. The van der Waals surface area contributed by atoms with Crippen molar-refractivity contribution in [3.8, 4) is 5.75 Å². The first-order chi connectivity index (χ1) is 10.1. The van der Waals surface area contributed by atoms with Gasteiger partial charge in [-0.15, -0.1) is 0 Å². The number of carboxylic acid groups (broad SMARTS) is 1. The second-order valence-electron chi connectivity index (χ2n) is 6.20. The molecule has 0 spiro atoms. The normalized spacial score (nSPS) is 20.1. The summed E-state index contributed by atoms with van der Waals surface area (Å²) in [6, 6.07) is 1.65. The first kappa shape index (κ1) is 14.4. The molecule has 4 heteroatoms. The van der Waals surface area contributed by atoms with Crippen LogP contribution in [0.4, 0.5) is 4.39 Å². The van der Waals surface area contributed by atoms with Crippen molar-refractivity contribution in [2.75, 3.05) is 7.11 Å². The highest BCUT2D eigenvalue weighted by molar-refractivity contribution is 5.82. The van der Waals surface area contributed by atoms with Gasteiger partial charge in [-0.05, 0) is 50.2 Å². The minimum absolute atomic E-state index is 0.296. The van der Waals surface area contributed by atoms with Crippen molar-refractivity contribution in [2.45, 2.75) is 56.8 Å². The van der Waals surface area contributed by atoms with Gasteiger partial charge in [0.15, 0.2) is 0 Å². The number of aliphatic carboxylic acids is 1. The first-order valence-corrected chi connectivity index (χ1v) is 7.72. The molecule has 114 valence electrons. The number of hydrogen-bond acceptors (Lipinski definition) is 2. The van der Waals surface area contributed by atoms with Crippen molar-refractivity contribution in [1.29, 1.82) is 0 Å². The lowest BCUT2D eigenvalue weighted by Crippen LogP contribution is -2.34. The lowest BCUT2D eigenvalue weighted by Gasteiger charge is -2.29. The topological polar surface area (TPSA) is 46.5 Å². The molecule has 1 saturated carbocycles. The summed E-state index contributed by atoms with van der Waals surface area (Å²) in [6.45, 7) is 0. The van der Waals surface area contributed by atoms with E-state index < -0.39 is 11.4 Å². The van der Waals surface area contributed by atoms with Crippen molar-refractivity contribution in [1.82, 2.24) is 0 Å². The van der Waals surface area contributed by atoms with E-state index in [0.29, 0.717) is 36.1 Å². The Kier molecular flexibility index (Phi) is 3.64. The Morgan fingerprint density at radius 2 is 1.81 bits per heavy atom. The molecule has 0 saturated heterocycles. The van der Waals surface area contributed by atoms with E-state index in [-0.39, 0.29) is 5.82 Å². The van der Waals surface area contributed by atoms with Crippen molar-refractivity contribution in [3.63, 3.8) is 0 Å². The monoisotopic (exact) mass is 292 g/mol. The van der Waals surface area contributed by atoms with E-state index >= 15 is 4.39 Å². The molecule has 0 heterocycles. The van der Waals surface area contributed by atoms with E-state index in [2.05, 4.69) is 0 Å². The fraction of sp³-hybridized carbons (Fsp3) is 0.588. The zero-order chi connectivity index (χ0) is 15.0. The van der Waals surface area contributed by atoms with Gasteiger partial charge in [0.1, 0.15) is 11.6 Å². The van der Waals surface area contributed by atoms with Gasteiger partial charge in [-0.25, -0.2) is 4.39 Å². The molecule has 0 aromatic heterocycles. The van der Waals surface area contributed by atoms with Crippen molar-refractivity contribution < 1.29 is 19.0 Å². The van der Waals surface area contributed by atoms with Crippen LogP contribution < -0.4 is 4.74 Å². The molecule has 1 fully saturated rings. The van der Waals surface area contributed by atoms with Gasteiger partial charge in [-0.1, -0.05) is 12.8 Å². The highest BCUT2D eigenvalue weighted by Gasteiger charge is 2.46. The number of methoxy groups -OCH3 is 1. The molecule has 0 amide bonds. The van der Waals surface area contributed by atoms with Crippen molar-refractivity contribution >= 4 is 5.97 Å². The second kappa shape index (κ2) is 5.32. The van der Waals surface area contributed by atoms with E-state index in [9.17, 15) is 9.90 Å². The molecule has 21 heavy (non-hydrogen) atoms. The van der Waals surface area contributed by atoms with Gasteiger partial charge in [0.25, 0.3) is 0 Å². The van der Waals surface area contributed by atoms with Crippen LogP contribution in [-0.2, 0) is 23.1 Å². The molecule has 3 nitrogen and oxygen atoms in total. The van der Waals surface area contributed by atoms with E-state index in [0.717, 1.165) is 37.7 Å². The summed E-state index contributed by atoms with van der Waals surface area (Å²) < 4.78 is 20.4. The first-order valence-electron chi connectivity index (χ1n) is 7.72. The fourth-order valence-corrected chi connectivity index (χ4v) is 3.97. The van der Waals surface area contributed by atoms with Crippen molar-refractivity contribution in [2.24, 2.45) is 0 Å². The van der Waals surface area contributed by atoms with Crippen LogP contribution in [0.3, 0.4) is 0 Å². The predicted octanol–water partition coefficient (Wildman–Crippen LogP) is 3.61. The molecule has 1 N–H and O–H groups in total. The maximum atomic E-state index is 15.0. The Labute approximate surface area is 124 Å². The van der Waals surface area contributed by atoms with E-state index in [1.54, 1.807) is 13.2 Å². The summed E-state index contributed by atoms with van der Waals surface area (Å²) >= 11 is 0. The lowest BCUT2D eigenvalue weighted by molar-refractivity contribution is -0.143. The van der Waals surface area contributed by atoms with Gasteiger partial charge in [-0.3, -0.25) is 4.79 Å². The number of rotatable bonds is 3. The number of halogens is 1. The van der Waals surface area contributed by atoms with Gasteiger partial charge >= 0.3 is 5.97 Å². The predicted molar refractivity (Wildman–Crippen MR) is 77.4 cm³/mol. The zero-order valence-corrected chi connectivity index (χ0v) is 12.4. The summed E-state index contributed by atoms with van der Waals surface area (Å²) in [5, 5.41) is 9.70. The number of fused-ring (bicyclic) bond motifs is 1. The molecule has 2 aliphatic rings. The largest absolute Gasteiger partial charge is 0.496 e. The summed E-state index contributed by atoms with van der Waals surface area (Å²) in [6.07, 6.45) is 6.19. The standard InChI is InChI=1S/C17H21FO3/c1-21-14-10-13(17(16(19)20)8-4-5-9-17)15(18)12-7-3-2-6-11(12)14/h10H,2-9H2,1H3,(H,19,20). The van der Waals surface area contributed by atoms with Crippen molar-refractivity contribution in [3.05, 3.63) is 28.6 Å². The Balaban J connectivity index is 2.21. The van der Waals surface area contributed by atoms with Crippen LogP contribution >= 0.6 is 0 Å². The van der Waals surface area contributed by atoms with Crippen LogP contribution in [0.2, 0.25) is 0 Å². The molecule has 0 radical (unpaired) electrons. The average molecular weight is 292 g/mol. The molecule has 1 aromatic rings. The van der Waals surface area contributed by atoms with Gasteiger partial charge in [0.05, 0.1) is 12.5 Å². The fourth-order valence-electron chi connectivity index (χ4n) is 3.97. The Morgan fingerprint density at radius 1 is 1.19 bits per heavy atom. The third-order valence-electron chi connectivity index (χ3n) is 5.14. The van der Waals surface area contributed by atoms with Crippen LogP contribution in [0.5, 0.6) is 5.75 Å². The summed E-state index contributed by atoms with van der Waals surface area (Å²) in [4.78, 5) is 11.8. The summed E-state index contributed by atoms with van der Waals surface area (Å²) in [5.41, 5.74) is 0.890. The zero-order valence-electron chi connectivity index (χ0n) is 12.4. The molecule has 3 rings (SSSR count). The highest BCUT2D eigenvalue weighted by atomic mass is 19.1. The third-order valence-corrected chi connectivity index (χ3v) is 5.14. The lowest BCUT2D eigenvalue weighted by atomic mass is 9.76. The maximum Gasteiger partial charge on any atom is 0.314 e. The van der Waals surface area contributed by atoms with Gasteiger partial charge in [0, 0.05) is 11.1 Å². The Morgan fingerprint density at radius 3 is 2.38 bits per heavy atom. The van der Waals surface area contributed by atoms with E-state index in [1.807, 2.05) is 0 Å². The molecule has 0 aliphatic heterocycles. The molecule has 1 aromatic carbocycles. The highest BCUT2D eigenvalue weighted by Crippen LogP contribution is 2.46. The molecular weight excluding hydrogens is 271 g/mol. The quantitative estimate of drug-likeness (QED) is 0.925. The molecule has 0 atom stereocenters. The van der Waals surface area contributed by atoms with Gasteiger partial charge < -0.3 is 9.84 Å². The maximum absolute atomic E-state index is 15.0.